The van der Waals surface area contributed by atoms with Crippen molar-refractivity contribution in [2.45, 2.75) is 63.7 Å². The molecule has 1 amide bonds. The number of aromatic nitrogens is 2. The molecular weight excluding hydrogens is 280 g/mol. The number of rotatable bonds is 4. The fraction of sp³-hybridized carbons (Fsp3) is 0.750. The molecule has 0 radical (unpaired) electrons. The van der Waals surface area contributed by atoms with E-state index >= 15 is 0 Å². The molecule has 6 heteroatoms. The van der Waals surface area contributed by atoms with Crippen molar-refractivity contribution in [2.24, 2.45) is 0 Å². The fourth-order valence-corrected chi connectivity index (χ4v) is 3.50. The number of piperidine rings is 1. The lowest BCUT2D eigenvalue weighted by Crippen LogP contribution is -2.52. The number of ether oxygens (including phenoxy) is 1. The molecule has 3 heterocycles. The van der Waals surface area contributed by atoms with Gasteiger partial charge in [-0.2, -0.15) is 5.10 Å². The summed E-state index contributed by atoms with van der Waals surface area (Å²) in [6, 6.07) is 2.77. The Balaban J connectivity index is 1.73. The Morgan fingerprint density at radius 1 is 1.41 bits per heavy atom. The monoisotopic (exact) mass is 306 g/mol. The van der Waals surface area contributed by atoms with Crippen molar-refractivity contribution in [3.05, 3.63) is 18.0 Å². The summed E-state index contributed by atoms with van der Waals surface area (Å²) in [6.07, 6.45) is 6.58. The summed E-state index contributed by atoms with van der Waals surface area (Å²) in [4.78, 5) is 11.9. The van der Waals surface area contributed by atoms with E-state index in [1.165, 1.54) is 0 Å². The molecule has 0 bridgehead atoms. The molecule has 2 aliphatic rings. The van der Waals surface area contributed by atoms with Gasteiger partial charge in [-0.15, -0.1) is 0 Å². The summed E-state index contributed by atoms with van der Waals surface area (Å²) in [5, 5.41) is 11.3. The van der Waals surface area contributed by atoms with Crippen molar-refractivity contribution in [3.63, 3.8) is 0 Å². The number of aryl methyl sites for hydroxylation is 1. The number of nitrogens with one attached hydrogen (secondary N) is 2. The van der Waals surface area contributed by atoms with Gasteiger partial charge >= 0.3 is 0 Å². The smallest absolute Gasteiger partial charge is 0.220 e. The predicted octanol–water partition coefficient (Wildman–Crippen LogP) is 1.38. The van der Waals surface area contributed by atoms with Crippen LogP contribution in [0, 0.1) is 0 Å². The van der Waals surface area contributed by atoms with Crippen LogP contribution < -0.4 is 10.6 Å². The van der Waals surface area contributed by atoms with Crippen LogP contribution in [-0.2, 0) is 16.1 Å². The largest absolute Gasteiger partial charge is 0.381 e. The molecule has 22 heavy (non-hydrogen) atoms. The van der Waals surface area contributed by atoms with E-state index in [0.717, 1.165) is 51.1 Å². The average molecular weight is 306 g/mol. The molecule has 0 aliphatic carbocycles. The van der Waals surface area contributed by atoms with Crippen LogP contribution in [0.2, 0.25) is 0 Å². The maximum atomic E-state index is 11.9. The van der Waals surface area contributed by atoms with Gasteiger partial charge in [0.25, 0.3) is 0 Å². The number of hydrogen-bond donors (Lipinski definition) is 2. The van der Waals surface area contributed by atoms with E-state index in [9.17, 15) is 4.79 Å². The third-order valence-electron chi connectivity index (χ3n) is 4.67. The second kappa shape index (κ2) is 7.24. The van der Waals surface area contributed by atoms with Crippen molar-refractivity contribution in [3.8, 4) is 0 Å². The summed E-state index contributed by atoms with van der Waals surface area (Å²) in [5.74, 6) is 0.135. The molecule has 2 saturated heterocycles. The van der Waals surface area contributed by atoms with Crippen LogP contribution in [0.25, 0.3) is 0 Å². The van der Waals surface area contributed by atoms with Crippen molar-refractivity contribution >= 4 is 5.91 Å². The van der Waals surface area contributed by atoms with Gasteiger partial charge in [-0.1, -0.05) is 0 Å². The second-order valence-electron chi connectivity index (χ2n) is 6.17. The Morgan fingerprint density at radius 3 is 3.18 bits per heavy atom. The third-order valence-corrected chi connectivity index (χ3v) is 4.67. The SMILES string of the molecule is CCn1nccc1C1NC(=O)CCC1NC1CCCOCC1. The lowest BCUT2D eigenvalue weighted by Gasteiger charge is -2.35. The Labute approximate surface area is 131 Å². The summed E-state index contributed by atoms with van der Waals surface area (Å²) in [6.45, 7) is 4.59. The molecule has 2 N–H and O–H groups in total. The highest BCUT2D eigenvalue weighted by atomic mass is 16.5. The van der Waals surface area contributed by atoms with Crippen molar-refractivity contribution in [1.82, 2.24) is 20.4 Å². The van der Waals surface area contributed by atoms with Gasteiger partial charge < -0.3 is 15.4 Å². The molecule has 6 nitrogen and oxygen atoms in total. The van der Waals surface area contributed by atoms with Crippen molar-refractivity contribution < 1.29 is 9.53 Å². The number of nitrogens with zero attached hydrogens (tertiary/aromatic N) is 2. The predicted molar refractivity (Wildman–Crippen MR) is 83.4 cm³/mol. The summed E-state index contributed by atoms with van der Waals surface area (Å²) in [7, 11) is 0. The molecule has 122 valence electrons. The lowest BCUT2D eigenvalue weighted by molar-refractivity contribution is -0.124. The number of amides is 1. The van der Waals surface area contributed by atoms with E-state index in [1.807, 2.05) is 16.9 Å². The van der Waals surface area contributed by atoms with Crippen LogP contribution >= 0.6 is 0 Å². The van der Waals surface area contributed by atoms with Crippen LogP contribution in [0.4, 0.5) is 0 Å². The number of hydrogen-bond acceptors (Lipinski definition) is 4. The zero-order valence-corrected chi connectivity index (χ0v) is 13.3. The van der Waals surface area contributed by atoms with E-state index in [0.29, 0.717) is 12.5 Å². The maximum absolute atomic E-state index is 11.9. The van der Waals surface area contributed by atoms with Gasteiger partial charge in [-0.25, -0.2) is 0 Å². The minimum absolute atomic E-state index is 0.00729. The van der Waals surface area contributed by atoms with Gasteiger partial charge in [-0.05, 0) is 38.7 Å². The van der Waals surface area contributed by atoms with Gasteiger partial charge in [0.05, 0.1) is 11.7 Å². The Bertz CT molecular complexity index is 494. The van der Waals surface area contributed by atoms with E-state index in [4.69, 9.17) is 4.74 Å². The van der Waals surface area contributed by atoms with Gasteiger partial charge in [-0.3, -0.25) is 9.48 Å². The molecule has 1 aromatic rings. The molecule has 0 saturated carbocycles. The average Bonchev–Trinajstić information content (AvgIpc) is 2.86. The first kappa shape index (κ1) is 15.5. The second-order valence-corrected chi connectivity index (χ2v) is 6.17. The first-order valence-electron chi connectivity index (χ1n) is 8.42. The van der Waals surface area contributed by atoms with Crippen LogP contribution in [0.3, 0.4) is 0 Å². The van der Waals surface area contributed by atoms with E-state index in [1.54, 1.807) is 0 Å². The molecule has 3 unspecified atom stereocenters. The molecular formula is C16H26N4O2. The van der Waals surface area contributed by atoms with Gasteiger partial charge in [0.2, 0.25) is 5.91 Å². The topological polar surface area (TPSA) is 68.2 Å². The first-order chi connectivity index (χ1) is 10.8. The van der Waals surface area contributed by atoms with Crippen LogP contribution in [0.15, 0.2) is 12.3 Å². The van der Waals surface area contributed by atoms with Crippen LogP contribution in [0.5, 0.6) is 0 Å². The van der Waals surface area contributed by atoms with Crippen LogP contribution in [0.1, 0.15) is 50.8 Å². The molecule has 2 aliphatic heterocycles. The summed E-state index contributed by atoms with van der Waals surface area (Å²) < 4.78 is 7.52. The highest BCUT2D eigenvalue weighted by molar-refractivity contribution is 5.77. The maximum Gasteiger partial charge on any atom is 0.220 e. The quantitative estimate of drug-likeness (QED) is 0.882. The molecule has 0 aromatic carbocycles. The third kappa shape index (κ3) is 3.50. The van der Waals surface area contributed by atoms with Crippen molar-refractivity contribution in [1.29, 1.82) is 0 Å². The van der Waals surface area contributed by atoms with Gasteiger partial charge in [0, 0.05) is 44.5 Å². The molecule has 1 aromatic heterocycles. The van der Waals surface area contributed by atoms with Crippen molar-refractivity contribution in [2.75, 3.05) is 13.2 Å². The van der Waals surface area contributed by atoms with Gasteiger partial charge in [0.15, 0.2) is 0 Å². The first-order valence-corrected chi connectivity index (χ1v) is 8.42. The Hall–Kier alpha value is -1.40. The zero-order chi connectivity index (χ0) is 15.4. The molecule has 2 fully saturated rings. The molecule has 0 spiro atoms. The minimum Gasteiger partial charge on any atom is -0.381 e. The Morgan fingerprint density at radius 2 is 2.32 bits per heavy atom. The normalized spacial score (nSPS) is 29.9. The van der Waals surface area contributed by atoms with Gasteiger partial charge in [0.1, 0.15) is 0 Å². The highest BCUT2D eigenvalue weighted by Gasteiger charge is 2.33. The number of carbonyl (C=O) groups is 1. The summed E-state index contributed by atoms with van der Waals surface area (Å²) in [5.41, 5.74) is 1.10. The van der Waals surface area contributed by atoms with E-state index < -0.39 is 0 Å². The minimum atomic E-state index is 0.00729. The molecule has 3 rings (SSSR count). The lowest BCUT2D eigenvalue weighted by atomic mass is 9.93. The fourth-order valence-electron chi connectivity index (χ4n) is 3.50. The van der Waals surface area contributed by atoms with E-state index in [2.05, 4.69) is 22.7 Å². The highest BCUT2D eigenvalue weighted by Crippen LogP contribution is 2.25. The number of carbonyl (C=O) groups excluding carboxylic acids is 1. The van der Waals surface area contributed by atoms with Crippen LogP contribution in [-0.4, -0.2) is 41.0 Å². The zero-order valence-electron chi connectivity index (χ0n) is 13.3. The Kier molecular flexibility index (Phi) is 5.10. The van der Waals surface area contributed by atoms with E-state index in [-0.39, 0.29) is 18.0 Å². The standard InChI is InChI=1S/C16H26N4O2/c1-2-20-14(7-9-17-20)16-13(5-6-15(21)19-16)18-12-4-3-10-22-11-8-12/h7,9,12-13,16,18H,2-6,8,10-11H2,1H3,(H,19,21). The summed E-state index contributed by atoms with van der Waals surface area (Å²) >= 11 is 0. The molecule has 3 atom stereocenters.